The van der Waals surface area contributed by atoms with E-state index in [1.165, 1.54) is 29.5 Å². The normalized spacial score (nSPS) is 9.90. The Hall–Kier alpha value is -1.31. The first-order valence-corrected chi connectivity index (χ1v) is 7.74. The van der Waals surface area contributed by atoms with E-state index in [9.17, 15) is 4.79 Å². The van der Waals surface area contributed by atoms with Gasteiger partial charge in [0.05, 0.1) is 0 Å². The smallest absolute Gasteiger partial charge is 0.207 e. The Bertz CT molecular complexity index is 372. The number of carbonyl (C=O) groups excluding carboxylic acids is 1. The molecule has 20 heavy (non-hydrogen) atoms. The summed E-state index contributed by atoms with van der Waals surface area (Å²) in [6.07, 6.45) is 5.50. The first-order chi connectivity index (χ1) is 9.51. The highest BCUT2D eigenvalue weighted by Crippen LogP contribution is 2.12. The second kappa shape index (κ2) is 11.5. The molecule has 2 nitrogen and oxygen atoms in total. The summed E-state index contributed by atoms with van der Waals surface area (Å²) < 4.78 is 0. The molecule has 1 N–H and O–H groups in total. The lowest BCUT2D eigenvalue weighted by Crippen LogP contribution is -2.12. The van der Waals surface area contributed by atoms with E-state index >= 15 is 0 Å². The van der Waals surface area contributed by atoms with Crippen molar-refractivity contribution in [2.45, 2.75) is 60.3 Å². The van der Waals surface area contributed by atoms with Crippen LogP contribution in [-0.4, -0.2) is 13.0 Å². The predicted octanol–water partition coefficient (Wildman–Crippen LogP) is 4.42. The second-order valence-corrected chi connectivity index (χ2v) is 5.79. The number of carbonyl (C=O) groups is 1. The molecule has 0 fully saturated rings. The van der Waals surface area contributed by atoms with Gasteiger partial charge in [0.25, 0.3) is 0 Å². The number of amides is 1. The SMILES string of the molecule is CCCC(C)C.Cc1ccc(C)c(CCCNC=O)c1. The zero-order valence-corrected chi connectivity index (χ0v) is 13.8. The van der Waals surface area contributed by atoms with Crippen molar-refractivity contribution in [2.75, 3.05) is 6.54 Å². The summed E-state index contributed by atoms with van der Waals surface area (Å²) in [7, 11) is 0. The maximum absolute atomic E-state index is 10.0. The Balaban J connectivity index is 0.000000511. The van der Waals surface area contributed by atoms with E-state index in [0.717, 1.165) is 31.7 Å². The molecular formula is C18H31NO. The van der Waals surface area contributed by atoms with Gasteiger partial charge in [0.1, 0.15) is 0 Å². The standard InChI is InChI=1S/C12H17NO.C6H14/c1-10-5-6-11(2)12(8-10)4-3-7-13-9-14;1-4-5-6(2)3/h5-6,8-9H,3-4,7H2,1-2H3,(H,13,14);6H,4-5H2,1-3H3. The Kier molecular flexibility index (Phi) is 10.8. The highest BCUT2D eigenvalue weighted by Gasteiger charge is 1.98. The van der Waals surface area contributed by atoms with Crippen molar-refractivity contribution in [1.82, 2.24) is 5.32 Å². The number of hydrogen-bond acceptors (Lipinski definition) is 1. The average Bonchev–Trinajstić information content (AvgIpc) is 2.39. The number of hydrogen-bond donors (Lipinski definition) is 1. The van der Waals surface area contributed by atoms with Crippen molar-refractivity contribution in [3.8, 4) is 0 Å². The summed E-state index contributed by atoms with van der Waals surface area (Å²) in [6.45, 7) is 11.7. The summed E-state index contributed by atoms with van der Waals surface area (Å²) in [5.41, 5.74) is 4.02. The molecule has 114 valence electrons. The predicted molar refractivity (Wildman–Crippen MR) is 88.0 cm³/mol. The Morgan fingerprint density at radius 1 is 1.25 bits per heavy atom. The van der Waals surface area contributed by atoms with Gasteiger partial charge in [0.15, 0.2) is 0 Å². The zero-order valence-electron chi connectivity index (χ0n) is 13.8. The van der Waals surface area contributed by atoms with E-state index in [2.05, 4.69) is 58.1 Å². The van der Waals surface area contributed by atoms with Crippen LogP contribution >= 0.6 is 0 Å². The molecule has 0 bridgehead atoms. The Labute approximate surface area is 125 Å². The topological polar surface area (TPSA) is 29.1 Å². The first kappa shape index (κ1) is 18.7. The number of rotatable bonds is 7. The molecule has 2 heteroatoms. The summed E-state index contributed by atoms with van der Waals surface area (Å²) in [5.74, 6) is 0.898. The molecule has 1 amide bonds. The van der Waals surface area contributed by atoms with Gasteiger partial charge in [-0.25, -0.2) is 0 Å². The van der Waals surface area contributed by atoms with Crippen LogP contribution in [-0.2, 0) is 11.2 Å². The van der Waals surface area contributed by atoms with Crippen LogP contribution in [0.15, 0.2) is 18.2 Å². The quantitative estimate of drug-likeness (QED) is 0.580. The van der Waals surface area contributed by atoms with Gasteiger partial charge in [-0.1, -0.05) is 57.4 Å². The first-order valence-electron chi connectivity index (χ1n) is 7.74. The maximum Gasteiger partial charge on any atom is 0.207 e. The van der Waals surface area contributed by atoms with Crippen molar-refractivity contribution in [1.29, 1.82) is 0 Å². The van der Waals surface area contributed by atoms with Crippen LogP contribution in [0.25, 0.3) is 0 Å². The fraction of sp³-hybridized carbons (Fsp3) is 0.611. The van der Waals surface area contributed by atoms with E-state index in [1.54, 1.807) is 0 Å². The summed E-state index contributed by atoms with van der Waals surface area (Å²) in [6, 6.07) is 6.50. The van der Waals surface area contributed by atoms with Crippen molar-refractivity contribution < 1.29 is 4.79 Å². The Morgan fingerprint density at radius 2 is 1.95 bits per heavy atom. The lowest BCUT2D eigenvalue weighted by atomic mass is 10.0. The molecule has 0 atom stereocenters. The molecule has 0 spiro atoms. The lowest BCUT2D eigenvalue weighted by molar-refractivity contribution is -0.109. The fourth-order valence-electron chi connectivity index (χ4n) is 2.09. The molecule has 0 unspecified atom stereocenters. The van der Waals surface area contributed by atoms with Crippen LogP contribution < -0.4 is 5.32 Å². The van der Waals surface area contributed by atoms with Gasteiger partial charge in [-0.3, -0.25) is 4.79 Å². The second-order valence-electron chi connectivity index (χ2n) is 5.79. The molecule has 0 aliphatic carbocycles. The van der Waals surface area contributed by atoms with Crippen LogP contribution in [0.5, 0.6) is 0 Å². The highest BCUT2D eigenvalue weighted by molar-refractivity contribution is 5.45. The largest absolute Gasteiger partial charge is 0.359 e. The minimum Gasteiger partial charge on any atom is -0.359 e. The third kappa shape index (κ3) is 9.60. The van der Waals surface area contributed by atoms with Crippen LogP contribution in [0.4, 0.5) is 0 Å². The van der Waals surface area contributed by atoms with E-state index in [0.29, 0.717) is 0 Å². The monoisotopic (exact) mass is 277 g/mol. The lowest BCUT2D eigenvalue weighted by Gasteiger charge is -2.06. The summed E-state index contributed by atoms with van der Waals surface area (Å²) in [5, 5.41) is 2.67. The molecule has 0 saturated heterocycles. The van der Waals surface area contributed by atoms with Crippen LogP contribution in [0.3, 0.4) is 0 Å². The average molecular weight is 277 g/mol. The molecule has 0 aromatic heterocycles. The molecule has 0 radical (unpaired) electrons. The number of benzene rings is 1. The minimum absolute atomic E-state index is 0.753. The van der Waals surface area contributed by atoms with E-state index in [-0.39, 0.29) is 0 Å². The molecule has 1 rings (SSSR count). The van der Waals surface area contributed by atoms with Gasteiger partial charge in [-0.15, -0.1) is 0 Å². The van der Waals surface area contributed by atoms with Crippen molar-refractivity contribution >= 4 is 6.41 Å². The molecule has 1 aromatic rings. The van der Waals surface area contributed by atoms with Gasteiger partial charge in [0, 0.05) is 6.54 Å². The number of aryl methyl sites for hydroxylation is 3. The number of nitrogens with one attached hydrogen (secondary N) is 1. The molecular weight excluding hydrogens is 246 g/mol. The molecule has 1 aromatic carbocycles. The molecule has 0 saturated carbocycles. The van der Waals surface area contributed by atoms with Crippen molar-refractivity contribution in [3.63, 3.8) is 0 Å². The van der Waals surface area contributed by atoms with Crippen molar-refractivity contribution in [2.24, 2.45) is 5.92 Å². The fourth-order valence-corrected chi connectivity index (χ4v) is 2.09. The van der Waals surface area contributed by atoms with Gasteiger partial charge < -0.3 is 5.32 Å². The maximum atomic E-state index is 10.0. The van der Waals surface area contributed by atoms with Gasteiger partial charge in [0.2, 0.25) is 6.41 Å². The van der Waals surface area contributed by atoms with Crippen LogP contribution in [0.2, 0.25) is 0 Å². The Morgan fingerprint density at radius 3 is 2.45 bits per heavy atom. The van der Waals surface area contributed by atoms with E-state index in [4.69, 9.17) is 0 Å². The van der Waals surface area contributed by atoms with E-state index in [1.807, 2.05) is 0 Å². The van der Waals surface area contributed by atoms with Gasteiger partial charge >= 0.3 is 0 Å². The summed E-state index contributed by atoms with van der Waals surface area (Å²) in [4.78, 5) is 10.0. The van der Waals surface area contributed by atoms with Crippen LogP contribution in [0.1, 0.15) is 56.7 Å². The zero-order chi connectivity index (χ0) is 15.4. The van der Waals surface area contributed by atoms with Gasteiger partial charge in [-0.2, -0.15) is 0 Å². The molecule has 0 aliphatic rings. The van der Waals surface area contributed by atoms with Gasteiger partial charge in [-0.05, 0) is 43.7 Å². The van der Waals surface area contributed by atoms with E-state index < -0.39 is 0 Å². The minimum atomic E-state index is 0.753. The van der Waals surface area contributed by atoms with Crippen molar-refractivity contribution in [3.05, 3.63) is 34.9 Å². The summed E-state index contributed by atoms with van der Waals surface area (Å²) >= 11 is 0. The highest BCUT2D eigenvalue weighted by atomic mass is 16.1. The van der Waals surface area contributed by atoms with Crippen LogP contribution in [0, 0.1) is 19.8 Å². The molecule has 0 aliphatic heterocycles. The third-order valence-corrected chi connectivity index (χ3v) is 3.22. The molecule has 0 heterocycles. The third-order valence-electron chi connectivity index (χ3n) is 3.22.